The number of ether oxygens (including phenoxy) is 1. The van der Waals surface area contributed by atoms with E-state index >= 15 is 0 Å². The average Bonchev–Trinajstić information content (AvgIpc) is 2.82. The zero-order valence-electron chi connectivity index (χ0n) is 18.0. The van der Waals surface area contributed by atoms with Gasteiger partial charge in [-0.2, -0.15) is 4.98 Å². The third-order valence-corrected chi connectivity index (χ3v) is 6.26. The summed E-state index contributed by atoms with van der Waals surface area (Å²) in [6.45, 7) is 3.26. The van der Waals surface area contributed by atoms with Gasteiger partial charge in [-0.15, -0.1) is 0 Å². The molecule has 1 aliphatic carbocycles. The van der Waals surface area contributed by atoms with Crippen molar-refractivity contribution in [1.82, 2.24) is 15.0 Å². The summed E-state index contributed by atoms with van der Waals surface area (Å²) in [6.07, 6.45) is 5.88. The minimum Gasteiger partial charge on any atom is -0.378 e. The maximum absolute atomic E-state index is 12.6. The van der Waals surface area contributed by atoms with Crippen molar-refractivity contribution in [1.29, 1.82) is 0 Å². The van der Waals surface area contributed by atoms with Crippen LogP contribution < -0.4 is 26.8 Å². The SMILES string of the molecule is N[C@H]1CCCC[C@H]1Nc1nc(Nc2ccc(N3CCOCC3)cc2)c2c(=O)[nH]ccc2n1. The van der Waals surface area contributed by atoms with Crippen LogP contribution in [-0.2, 0) is 4.74 Å². The molecule has 2 fully saturated rings. The molecule has 0 unspecified atom stereocenters. The molecule has 0 amide bonds. The monoisotopic (exact) mass is 435 g/mol. The third kappa shape index (κ3) is 4.39. The molecule has 1 aromatic carbocycles. The second-order valence-corrected chi connectivity index (χ2v) is 8.43. The predicted octanol–water partition coefficient (Wildman–Crippen LogP) is 2.58. The lowest BCUT2D eigenvalue weighted by atomic mass is 9.91. The second-order valence-electron chi connectivity index (χ2n) is 8.43. The summed E-state index contributed by atoms with van der Waals surface area (Å²) in [7, 11) is 0. The Morgan fingerprint density at radius 1 is 1.06 bits per heavy atom. The van der Waals surface area contributed by atoms with Gasteiger partial charge < -0.3 is 31.0 Å². The van der Waals surface area contributed by atoms with Crippen molar-refractivity contribution in [3.63, 3.8) is 0 Å². The number of fused-ring (bicyclic) bond motifs is 1. The van der Waals surface area contributed by atoms with Crippen LogP contribution in [0.5, 0.6) is 0 Å². The molecular weight excluding hydrogens is 406 g/mol. The molecule has 2 atom stereocenters. The number of pyridine rings is 1. The van der Waals surface area contributed by atoms with Crippen LogP contribution in [0.4, 0.5) is 23.1 Å². The Bertz CT molecular complexity index is 1130. The summed E-state index contributed by atoms with van der Waals surface area (Å²) in [5, 5.41) is 7.16. The molecule has 0 spiro atoms. The first-order valence-corrected chi connectivity index (χ1v) is 11.3. The number of aromatic nitrogens is 3. The fourth-order valence-electron chi connectivity index (χ4n) is 4.46. The number of anilines is 4. The van der Waals surface area contributed by atoms with E-state index in [1.54, 1.807) is 12.3 Å². The highest BCUT2D eigenvalue weighted by Gasteiger charge is 2.23. The van der Waals surface area contributed by atoms with Crippen LogP contribution in [0.2, 0.25) is 0 Å². The Morgan fingerprint density at radius 2 is 1.84 bits per heavy atom. The molecule has 2 aliphatic rings. The number of morpholine rings is 1. The van der Waals surface area contributed by atoms with Gasteiger partial charge in [-0.25, -0.2) is 4.98 Å². The number of aromatic amines is 1. The van der Waals surface area contributed by atoms with Gasteiger partial charge in [0.05, 0.1) is 18.7 Å². The van der Waals surface area contributed by atoms with Gasteiger partial charge in [-0.05, 0) is 43.2 Å². The Hall–Kier alpha value is -3.17. The summed E-state index contributed by atoms with van der Waals surface area (Å²) in [6, 6.07) is 10.1. The molecule has 3 heterocycles. The molecule has 9 nitrogen and oxygen atoms in total. The molecule has 1 saturated carbocycles. The molecule has 5 rings (SSSR count). The number of benzene rings is 1. The quantitative estimate of drug-likeness (QED) is 0.483. The van der Waals surface area contributed by atoms with Crippen molar-refractivity contribution >= 4 is 34.0 Å². The first-order chi connectivity index (χ1) is 15.7. The van der Waals surface area contributed by atoms with E-state index < -0.39 is 0 Å². The Labute approximate surface area is 186 Å². The number of H-pyrrole nitrogens is 1. The number of rotatable bonds is 5. The van der Waals surface area contributed by atoms with Crippen molar-refractivity contribution in [3.05, 3.63) is 46.9 Å². The number of nitrogens with zero attached hydrogens (tertiary/aromatic N) is 3. The van der Waals surface area contributed by atoms with Gasteiger partial charge in [0.1, 0.15) is 11.2 Å². The molecule has 168 valence electrons. The lowest BCUT2D eigenvalue weighted by Gasteiger charge is -2.29. The molecular formula is C23H29N7O2. The highest BCUT2D eigenvalue weighted by molar-refractivity contribution is 5.91. The third-order valence-electron chi connectivity index (χ3n) is 6.26. The summed E-state index contributed by atoms with van der Waals surface area (Å²) in [5.41, 5.74) is 8.66. The second kappa shape index (κ2) is 9.13. The van der Waals surface area contributed by atoms with Crippen molar-refractivity contribution in [3.8, 4) is 0 Å². The Balaban J connectivity index is 1.43. The minimum absolute atomic E-state index is 0.0753. The van der Waals surface area contributed by atoms with Crippen molar-refractivity contribution in [2.45, 2.75) is 37.8 Å². The Morgan fingerprint density at radius 3 is 2.62 bits per heavy atom. The largest absolute Gasteiger partial charge is 0.378 e. The Kier molecular flexibility index (Phi) is 5.91. The molecule has 2 aromatic heterocycles. The van der Waals surface area contributed by atoms with E-state index in [9.17, 15) is 4.79 Å². The van der Waals surface area contributed by atoms with Crippen molar-refractivity contribution in [2.75, 3.05) is 41.8 Å². The molecule has 32 heavy (non-hydrogen) atoms. The normalized spacial score (nSPS) is 21.5. The van der Waals surface area contributed by atoms with E-state index in [-0.39, 0.29) is 17.6 Å². The van der Waals surface area contributed by atoms with Gasteiger partial charge in [0.25, 0.3) is 5.56 Å². The lowest BCUT2D eigenvalue weighted by Crippen LogP contribution is -2.43. The van der Waals surface area contributed by atoms with Crippen LogP contribution in [0.15, 0.2) is 41.3 Å². The van der Waals surface area contributed by atoms with Gasteiger partial charge in [0.2, 0.25) is 5.95 Å². The average molecular weight is 436 g/mol. The first-order valence-electron chi connectivity index (χ1n) is 11.3. The summed E-state index contributed by atoms with van der Waals surface area (Å²) >= 11 is 0. The highest BCUT2D eigenvalue weighted by Crippen LogP contribution is 2.26. The van der Waals surface area contributed by atoms with Gasteiger partial charge in [0, 0.05) is 42.7 Å². The van der Waals surface area contributed by atoms with E-state index in [1.165, 1.54) is 0 Å². The lowest BCUT2D eigenvalue weighted by molar-refractivity contribution is 0.122. The minimum atomic E-state index is -0.226. The zero-order chi connectivity index (χ0) is 21.9. The number of nitrogens with one attached hydrogen (secondary N) is 3. The molecule has 5 N–H and O–H groups in total. The van der Waals surface area contributed by atoms with Crippen LogP contribution in [0.1, 0.15) is 25.7 Å². The first kappa shape index (κ1) is 20.7. The van der Waals surface area contributed by atoms with Crippen LogP contribution in [0.25, 0.3) is 10.9 Å². The van der Waals surface area contributed by atoms with Gasteiger partial charge in [0.15, 0.2) is 0 Å². The predicted molar refractivity (Wildman–Crippen MR) is 127 cm³/mol. The van der Waals surface area contributed by atoms with Gasteiger partial charge in [-0.3, -0.25) is 4.79 Å². The summed E-state index contributed by atoms with van der Waals surface area (Å²) < 4.78 is 5.43. The van der Waals surface area contributed by atoms with E-state index in [1.807, 2.05) is 12.1 Å². The molecule has 3 aromatic rings. The molecule has 1 saturated heterocycles. The van der Waals surface area contributed by atoms with Gasteiger partial charge >= 0.3 is 0 Å². The number of hydrogen-bond donors (Lipinski definition) is 4. The van der Waals surface area contributed by atoms with Gasteiger partial charge in [-0.1, -0.05) is 12.8 Å². The van der Waals surface area contributed by atoms with E-state index in [2.05, 4.69) is 42.6 Å². The molecule has 0 radical (unpaired) electrons. The number of hydrogen-bond acceptors (Lipinski definition) is 8. The maximum atomic E-state index is 12.6. The van der Waals surface area contributed by atoms with E-state index in [4.69, 9.17) is 10.5 Å². The fraction of sp³-hybridized carbons (Fsp3) is 0.435. The topological polar surface area (TPSA) is 121 Å². The molecule has 1 aliphatic heterocycles. The van der Waals surface area contributed by atoms with Crippen molar-refractivity contribution < 1.29 is 4.74 Å². The van der Waals surface area contributed by atoms with Crippen LogP contribution in [0.3, 0.4) is 0 Å². The maximum Gasteiger partial charge on any atom is 0.261 e. The molecule has 0 bridgehead atoms. The van der Waals surface area contributed by atoms with Crippen LogP contribution in [0, 0.1) is 0 Å². The van der Waals surface area contributed by atoms with Crippen LogP contribution >= 0.6 is 0 Å². The fourth-order valence-corrected chi connectivity index (χ4v) is 4.46. The van der Waals surface area contributed by atoms with E-state index in [0.29, 0.717) is 22.7 Å². The van der Waals surface area contributed by atoms with E-state index in [0.717, 1.165) is 63.4 Å². The smallest absolute Gasteiger partial charge is 0.261 e. The molecule has 9 heteroatoms. The standard InChI is InChI=1S/C23H29N7O2/c24-17-3-1-2-4-18(17)27-23-28-19-9-10-25-22(31)20(19)21(29-23)26-15-5-7-16(8-6-15)30-11-13-32-14-12-30/h5-10,17-18H,1-4,11-14,24H2,(H,25,31)(H2,26,27,28,29)/t17-,18+/m0/s1. The number of nitrogens with two attached hydrogens (primary N) is 1. The zero-order valence-corrected chi connectivity index (χ0v) is 18.0. The summed E-state index contributed by atoms with van der Waals surface area (Å²) in [5.74, 6) is 0.959. The highest BCUT2D eigenvalue weighted by atomic mass is 16.5. The van der Waals surface area contributed by atoms with Crippen LogP contribution in [-0.4, -0.2) is 53.3 Å². The van der Waals surface area contributed by atoms with Crippen molar-refractivity contribution in [2.24, 2.45) is 5.73 Å². The summed E-state index contributed by atoms with van der Waals surface area (Å²) in [4.78, 5) is 26.8.